The van der Waals surface area contributed by atoms with Crippen molar-refractivity contribution in [1.82, 2.24) is 0 Å². The second-order valence-electron chi connectivity index (χ2n) is 23.9. The second-order valence-corrected chi connectivity index (χ2v) is 46.1. The van der Waals surface area contributed by atoms with Gasteiger partial charge in [-0.15, -0.1) is 0 Å². The minimum absolute atomic E-state index is 0.0899. The van der Waals surface area contributed by atoms with Gasteiger partial charge in [-0.3, -0.25) is 0 Å². The summed E-state index contributed by atoms with van der Waals surface area (Å²) in [5.74, 6) is 3.66. The Kier molecular flexibility index (Phi) is 13.1. The maximum atomic E-state index is 7.54. The minimum Gasteiger partial charge on any atom is -0.415 e. The van der Waals surface area contributed by atoms with E-state index in [0.29, 0.717) is 59.2 Å². The Morgan fingerprint density at radius 2 is 1.22 bits per heavy atom. The fourth-order valence-electron chi connectivity index (χ4n) is 12.1. The Morgan fingerprint density at radius 3 is 1.73 bits per heavy atom. The van der Waals surface area contributed by atoms with Crippen LogP contribution in [0.2, 0.25) is 98.2 Å². The standard InChI is InChI=1S/C41H86O5Si5/c1-29(25-36(44-49(12,13)14)39(2,3)46-51(18,19)20)32-21-22-33-38-34(28-37(41(32,33)5)45-50(15,16)17)40(4)24-23-31(42-47(6,7)8)26-30(40)27-35(38)43-48(9,10)11/h29-38H,21-28H2,1-20H3/t29?,30-,31+,32?,33?,34?,35?,36+,37-,38?,40?,41?/m0/s1. The predicted molar refractivity (Wildman–Crippen MR) is 231 cm³/mol. The van der Waals surface area contributed by atoms with Gasteiger partial charge in [-0.05, 0) is 210 Å². The molecule has 4 aliphatic rings. The molecule has 0 aromatic carbocycles. The van der Waals surface area contributed by atoms with Crippen LogP contribution in [-0.4, -0.2) is 71.6 Å². The van der Waals surface area contributed by atoms with E-state index in [9.17, 15) is 0 Å². The molecule has 0 radical (unpaired) electrons. The van der Waals surface area contributed by atoms with Gasteiger partial charge in [-0.2, -0.15) is 0 Å². The highest BCUT2D eigenvalue weighted by atomic mass is 28.4. The Morgan fingerprint density at radius 1 is 0.647 bits per heavy atom. The summed E-state index contributed by atoms with van der Waals surface area (Å²) in [4.78, 5) is 0. The summed E-state index contributed by atoms with van der Waals surface area (Å²) in [5.41, 5.74) is 0.131. The van der Waals surface area contributed by atoms with E-state index in [4.69, 9.17) is 22.1 Å². The summed E-state index contributed by atoms with van der Waals surface area (Å²) in [6.07, 6.45) is 10.9. The van der Waals surface area contributed by atoms with Crippen molar-refractivity contribution in [3.05, 3.63) is 0 Å². The van der Waals surface area contributed by atoms with Crippen LogP contribution in [0, 0.1) is 46.3 Å². The molecule has 0 aliphatic heterocycles. The lowest BCUT2D eigenvalue weighted by Gasteiger charge is -2.66. The number of fused-ring (bicyclic) bond motifs is 5. The lowest BCUT2D eigenvalue weighted by molar-refractivity contribution is -0.200. The average molecular weight is 800 g/mol. The number of hydrogen-bond donors (Lipinski definition) is 0. The quantitative estimate of drug-likeness (QED) is 0.164. The van der Waals surface area contributed by atoms with Gasteiger partial charge in [0.1, 0.15) is 0 Å². The molecule has 10 heteroatoms. The largest absolute Gasteiger partial charge is 0.415 e. The van der Waals surface area contributed by atoms with Crippen molar-refractivity contribution in [3.63, 3.8) is 0 Å². The van der Waals surface area contributed by atoms with Crippen molar-refractivity contribution in [2.75, 3.05) is 0 Å². The Hall–Kier alpha value is 0.884. The van der Waals surface area contributed by atoms with Gasteiger partial charge in [0.05, 0.1) is 17.8 Å². The average Bonchev–Trinajstić information content (AvgIpc) is 3.23. The van der Waals surface area contributed by atoms with E-state index in [1.165, 1.54) is 44.9 Å². The SMILES string of the molecule is CC(C[C@@H](O[Si](C)(C)C)C(C)(C)O[Si](C)(C)C)C1CCC2C3C(O[Si](C)(C)C)C[C@@H]4C[C@H](O[Si](C)(C)C)CCC4(C)C3C[C@H](O[Si](C)(C)C)C12C. The zero-order valence-electron chi connectivity index (χ0n) is 37.5. The molecule has 0 spiro atoms. The van der Waals surface area contributed by atoms with E-state index in [1.54, 1.807) is 0 Å². The highest BCUT2D eigenvalue weighted by molar-refractivity contribution is 6.71. The third-order valence-electron chi connectivity index (χ3n) is 13.4. The van der Waals surface area contributed by atoms with Gasteiger partial charge in [-0.25, -0.2) is 0 Å². The monoisotopic (exact) mass is 799 g/mol. The van der Waals surface area contributed by atoms with Gasteiger partial charge >= 0.3 is 0 Å². The Labute approximate surface area is 322 Å². The third-order valence-corrected chi connectivity index (χ3v) is 18.6. The Bertz CT molecular complexity index is 1180. The highest BCUT2D eigenvalue weighted by Gasteiger charge is 2.67. The lowest BCUT2D eigenvalue weighted by Crippen LogP contribution is -2.65. The smallest absolute Gasteiger partial charge is 0.184 e. The van der Waals surface area contributed by atoms with E-state index in [2.05, 4.69) is 133 Å². The topological polar surface area (TPSA) is 46.2 Å². The molecule has 4 saturated carbocycles. The van der Waals surface area contributed by atoms with Crippen molar-refractivity contribution < 1.29 is 22.1 Å². The maximum absolute atomic E-state index is 7.54. The summed E-state index contributed by atoms with van der Waals surface area (Å²) < 4.78 is 35.9. The normalized spacial score (nSPS) is 38.1. The predicted octanol–water partition coefficient (Wildman–Crippen LogP) is 12.4. The second kappa shape index (κ2) is 15.0. The molecule has 5 nitrogen and oxygen atoms in total. The Balaban J connectivity index is 1.75. The fraction of sp³-hybridized carbons (Fsp3) is 1.00. The summed E-state index contributed by atoms with van der Waals surface area (Å²) in [5, 5.41) is 0. The lowest BCUT2D eigenvalue weighted by atomic mass is 9.43. The summed E-state index contributed by atoms with van der Waals surface area (Å²) in [6, 6.07) is 0. The van der Waals surface area contributed by atoms with Crippen LogP contribution in [0.3, 0.4) is 0 Å². The number of hydrogen-bond acceptors (Lipinski definition) is 5. The van der Waals surface area contributed by atoms with E-state index in [-0.39, 0.29) is 17.1 Å². The molecule has 0 heterocycles. The molecule has 12 atom stereocenters. The van der Waals surface area contributed by atoms with Crippen molar-refractivity contribution in [3.8, 4) is 0 Å². The highest BCUT2D eigenvalue weighted by Crippen LogP contribution is 2.70. The first kappa shape index (κ1) is 44.6. The van der Waals surface area contributed by atoms with Crippen molar-refractivity contribution >= 4 is 41.6 Å². The molecule has 0 N–H and O–H groups in total. The minimum atomic E-state index is -1.83. The molecule has 0 aromatic rings. The van der Waals surface area contributed by atoms with Crippen LogP contribution in [0.15, 0.2) is 0 Å². The molecule has 0 bridgehead atoms. The molecule has 0 aromatic heterocycles. The first-order valence-corrected chi connectivity index (χ1v) is 38.2. The third kappa shape index (κ3) is 10.8. The van der Waals surface area contributed by atoms with Crippen molar-refractivity contribution in [1.29, 1.82) is 0 Å². The zero-order valence-corrected chi connectivity index (χ0v) is 42.5. The molecule has 4 rings (SSSR count). The van der Waals surface area contributed by atoms with Crippen molar-refractivity contribution in [2.45, 2.75) is 214 Å². The number of rotatable bonds is 14. The van der Waals surface area contributed by atoms with Gasteiger partial charge in [-0.1, -0.05) is 20.8 Å². The van der Waals surface area contributed by atoms with Gasteiger partial charge < -0.3 is 22.1 Å². The van der Waals surface area contributed by atoms with Crippen LogP contribution >= 0.6 is 0 Å². The van der Waals surface area contributed by atoms with Gasteiger partial charge in [0.2, 0.25) is 0 Å². The van der Waals surface area contributed by atoms with E-state index >= 15 is 0 Å². The van der Waals surface area contributed by atoms with Gasteiger partial charge in [0, 0.05) is 12.2 Å². The van der Waals surface area contributed by atoms with E-state index in [0.717, 1.165) is 6.42 Å². The van der Waals surface area contributed by atoms with E-state index in [1.807, 2.05) is 0 Å². The molecule has 51 heavy (non-hydrogen) atoms. The molecule has 300 valence electrons. The maximum Gasteiger partial charge on any atom is 0.184 e. The molecule has 4 aliphatic carbocycles. The molecule has 8 unspecified atom stereocenters. The van der Waals surface area contributed by atoms with Crippen LogP contribution in [0.4, 0.5) is 0 Å². The van der Waals surface area contributed by atoms with Crippen LogP contribution in [0.5, 0.6) is 0 Å². The molecule has 0 amide bonds. The summed E-state index contributed by atoms with van der Waals surface area (Å²) in [6.45, 7) is 48.3. The molecular weight excluding hydrogens is 713 g/mol. The molecule has 4 fully saturated rings. The van der Waals surface area contributed by atoms with Crippen molar-refractivity contribution in [2.24, 2.45) is 46.3 Å². The van der Waals surface area contributed by atoms with Gasteiger partial charge in [0.25, 0.3) is 0 Å². The summed E-state index contributed by atoms with van der Waals surface area (Å²) in [7, 11) is -8.79. The van der Waals surface area contributed by atoms with Crippen LogP contribution < -0.4 is 0 Å². The van der Waals surface area contributed by atoms with E-state index < -0.39 is 41.6 Å². The fourth-order valence-corrected chi connectivity index (χ4v) is 18.6. The first-order chi connectivity index (χ1) is 22.7. The molecular formula is C41H86O5Si5. The van der Waals surface area contributed by atoms with Crippen LogP contribution in [0.25, 0.3) is 0 Å². The van der Waals surface area contributed by atoms with Crippen LogP contribution in [0.1, 0.15) is 86.0 Å². The summed E-state index contributed by atoms with van der Waals surface area (Å²) >= 11 is 0. The zero-order chi connectivity index (χ0) is 39.0. The van der Waals surface area contributed by atoms with Gasteiger partial charge in [0.15, 0.2) is 41.6 Å². The van der Waals surface area contributed by atoms with Crippen LogP contribution in [-0.2, 0) is 22.1 Å². The molecule has 0 saturated heterocycles. The first-order valence-electron chi connectivity index (χ1n) is 21.2.